The van der Waals surface area contributed by atoms with Crippen LogP contribution in [0, 0.1) is 5.82 Å². The molecule has 1 aliphatic rings. The number of nitrogens with zero attached hydrogens (tertiary/aromatic N) is 2. The van der Waals surface area contributed by atoms with Gasteiger partial charge in [-0.15, -0.1) is 0 Å². The van der Waals surface area contributed by atoms with Crippen LogP contribution in [0.1, 0.15) is 38.2 Å². The normalized spacial score (nSPS) is 13.9. The number of hydrogen-bond donors (Lipinski definition) is 1. The van der Waals surface area contributed by atoms with Crippen LogP contribution in [0.25, 0.3) is 0 Å². The zero-order chi connectivity index (χ0) is 33.4. The molecule has 248 valence electrons. The third-order valence-corrected chi connectivity index (χ3v) is 9.80. The first-order valence-corrected chi connectivity index (χ1v) is 16.3. The van der Waals surface area contributed by atoms with Crippen molar-refractivity contribution in [3.05, 3.63) is 72.0 Å². The van der Waals surface area contributed by atoms with Crippen LogP contribution in [0.3, 0.4) is 0 Å². The first-order chi connectivity index (χ1) is 22.0. The molecule has 0 spiro atoms. The average Bonchev–Trinajstić information content (AvgIpc) is 3.58. The SMILES string of the molecule is COc1ccc(OC)c(N(CC(=O)N(Cc2ccccc2F)[C@H](C)C(=O)NC2CCCC2)S(=O)(=O)c2ccc(OC)c(OC)c2)c1. The van der Waals surface area contributed by atoms with E-state index < -0.39 is 40.2 Å². The second kappa shape index (κ2) is 15.2. The lowest BCUT2D eigenvalue weighted by atomic mass is 10.1. The summed E-state index contributed by atoms with van der Waals surface area (Å²) in [6, 6.07) is 13.4. The van der Waals surface area contributed by atoms with E-state index in [-0.39, 0.29) is 40.2 Å². The summed E-state index contributed by atoms with van der Waals surface area (Å²) in [5.41, 5.74) is 0.184. The average molecular weight is 658 g/mol. The van der Waals surface area contributed by atoms with E-state index in [0.717, 1.165) is 30.0 Å². The zero-order valence-corrected chi connectivity index (χ0v) is 27.4. The predicted molar refractivity (Wildman–Crippen MR) is 170 cm³/mol. The van der Waals surface area contributed by atoms with E-state index in [1.807, 2.05) is 0 Å². The van der Waals surface area contributed by atoms with E-state index in [2.05, 4.69) is 5.32 Å². The molecule has 3 aromatic rings. The summed E-state index contributed by atoms with van der Waals surface area (Å²) >= 11 is 0. The highest BCUT2D eigenvalue weighted by Crippen LogP contribution is 2.38. The number of nitrogens with one attached hydrogen (secondary N) is 1. The van der Waals surface area contributed by atoms with Gasteiger partial charge in [-0.2, -0.15) is 0 Å². The van der Waals surface area contributed by atoms with Crippen LogP contribution in [-0.2, 0) is 26.2 Å². The summed E-state index contributed by atoms with van der Waals surface area (Å²) in [5.74, 6) is -0.801. The van der Waals surface area contributed by atoms with Crippen molar-refractivity contribution >= 4 is 27.5 Å². The highest BCUT2D eigenvalue weighted by atomic mass is 32.2. The van der Waals surface area contributed by atoms with Crippen LogP contribution in [0.15, 0.2) is 65.6 Å². The Labute approximate surface area is 269 Å². The second-order valence-corrected chi connectivity index (χ2v) is 12.7. The van der Waals surface area contributed by atoms with Gasteiger partial charge < -0.3 is 29.2 Å². The van der Waals surface area contributed by atoms with Gasteiger partial charge in [0.05, 0.1) is 39.0 Å². The number of sulfonamides is 1. The Bertz CT molecular complexity index is 1650. The van der Waals surface area contributed by atoms with Gasteiger partial charge in [0.2, 0.25) is 11.8 Å². The van der Waals surface area contributed by atoms with E-state index in [1.165, 1.54) is 81.9 Å². The fourth-order valence-electron chi connectivity index (χ4n) is 5.39. The fourth-order valence-corrected chi connectivity index (χ4v) is 6.83. The molecule has 13 heteroatoms. The zero-order valence-electron chi connectivity index (χ0n) is 26.6. The molecular weight excluding hydrogens is 617 g/mol. The molecule has 2 amide bonds. The Morgan fingerprint density at radius 1 is 0.891 bits per heavy atom. The standard InChI is InChI=1S/C33H40FN3O8S/c1-22(33(39)35-24-11-7-8-12-24)36(20-23-10-6-9-13-27(23)34)32(38)21-37(28-18-25(42-2)14-16-29(28)43-3)46(40,41)26-15-17-30(44-4)31(19-26)45-5/h6,9-10,13-19,22,24H,7-8,11-12,20-21H2,1-5H3,(H,35,39)/t22-/m1/s1. The molecule has 0 radical (unpaired) electrons. The van der Waals surface area contributed by atoms with Gasteiger partial charge in [-0.1, -0.05) is 31.0 Å². The Hall–Kier alpha value is -4.52. The minimum atomic E-state index is -4.50. The number of carbonyl (C=O) groups is 2. The molecule has 0 bridgehead atoms. The van der Waals surface area contributed by atoms with Gasteiger partial charge in [0.1, 0.15) is 29.9 Å². The molecule has 0 saturated heterocycles. The van der Waals surface area contributed by atoms with Gasteiger partial charge >= 0.3 is 0 Å². The van der Waals surface area contributed by atoms with Gasteiger partial charge in [-0.05, 0) is 50.1 Å². The minimum absolute atomic E-state index is 0.0129. The van der Waals surface area contributed by atoms with Gasteiger partial charge in [-0.3, -0.25) is 13.9 Å². The fraction of sp³-hybridized carbons (Fsp3) is 0.394. The molecule has 1 N–H and O–H groups in total. The molecule has 0 heterocycles. The Kier molecular flexibility index (Phi) is 11.3. The van der Waals surface area contributed by atoms with Gasteiger partial charge in [0.15, 0.2) is 11.5 Å². The maximum atomic E-state index is 14.9. The first-order valence-electron chi connectivity index (χ1n) is 14.8. The molecule has 1 aliphatic carbocycles. The van der Waals surface area contributed by atoms with Gasteiger partial charge in [-0.25, -0.2) is 12.8 Å². The van der Waals surface area contributed by atoms with Crippen LogP contribution < -0.4 is 28.6 Å². The molecule has 1 fully saturated rings. The number of rotatable bonds is 14. The van der Waals surface area contributed by atoms with Gasteiger partial charge in [0, 0.05) is 30.3 Å². The summed E-state index contributed by atoms with van der Waals surface area (Å²) in [7, 11) is 1.08. The number of carbonyl (C=O) groups excluding carboxylic acids is 2. The van der Waals surface area contributed by atoms with Crippen molar-refractivity contribution in [2.45, 2.75) is 56.1 Å². The van der Waals surface area contributed by atoms with E-state index in [4.69, 9.17) is 18.9 Å². The van der Waals surface area contributed by atoms with Crippen LogP contribution in [0.4, 0.5) is 10.1 Å². The highest BCUT2D eigenvalue weighted by Gasteiger charge is 2.35. The number of methoxy groups -OCH3 is 4. The molecule has 1 atom stereocenters. The van der Waals surface area contributed by atoms with Crippen molar-refractivity contribution in [1.82, 2.24) is 10.2 Å². The Morgan fingerprint density at radius 2 is 1.54 bits per heavy atom. The maximum Gasteiger partial charge on any atom is 0.265 e. The topological polar surface area (TPSA) is 124 Å². The molecule has 4 rings (SSSR count). The largest absolute Gasteiger partial charge is 0.497 e. The number of hydrogen-bond acceptors (Lipinski definition) is 8. The predicted octanol–water partition coefficient (Wildman–Crippen LogP) is 4.53. The summed E-state index contributed by atoms with van der Waals surface area (Å²) in [4.78, 5) is 28.7. The van der Waals surface area contributed by atoms with Crippen LogP contribution >= 0.6 is 0 Å². The van der Waals surface area contributed by atoms with Crippen LogP contribution in [0.2, 0.25) is 0 Å². The molecule has 46 heavy (non-hydrogen) atoms. The van der Waals surface area contributed by atoms with E-state index in [0.29, 0.717) is 11.5 Å². The Morgan fingerprint density at radius 3 is 2.17 bits per heavy atom. The number of anilines is 1. The van der Waals surface area contributed by atoms with Crippen molar-refractivity contribution in [2.75, 3.05) is 39.3 Å². The number of amides is 2. The summed E-state index contributed by atoms with van der Waals surface area (Å²) < 4.78 is 66.0. The molecule has 0 aliphatic heterocycles. The quantitative estimate of drug-likeness (QED) is 0.268. The van der Waals surface area contributed by atoms with Crippen LogP contribution in [-0.4, -0.2) is 72.2 Å². The third kappa shape index (κ3) is 7.64. The lowest BCUT2D eigenvalue weighted by molar-refractivity contribution is -0.139. The number of benzene rings is 3. The van der Waals surface area contributed by atoms with Crippen molar-refractivity contribution in [2.24, 2.45) is 0 Å². The van der Waals surface area contributed by atoms with Crippen molar-refractivity contribution in [3.8, 4) is 23.0 Å². The Balaban J connectivity index is 1.80. The van der Waals surface area contributed by atoms with E-state index in [9.17, 15) is 22.4 Å². The highest BCUT2D eigenvalue weighted by molar-refractivity contribution is 7.92. The monoisotopic (exact) mass is 657 g/mol. The number of ether oxygens (including phenoxy) is 4. The lowest BCUT2D eigenvalue weighted by Gasteiger charge is -2.33. The summed E-state index contributed by atoms with van der Waals surface area (Å²) in [6.07, 6.45) is 3.63. The lowest BCUT2D eigenvalue weighted by Crippen LogP contribution is -2.52. The van der Waals surface area contributed by atoms with Crippen molar-refractivity contribution in [1.29, 1.82) is 0 Å². The van der Waals surface area contributed by atoms with Crippen LogP contribution in [0.5, 0.6) is 23.0 Å². The minimum Gasteiger partial charge on any atom is -0.497 e. The van der Waals surface area contributed by atoms with E-state index in [1.54, 1.807) is 19.1 Å². The van der Waals surface area contributed by atoms with Crippen molar-refractivity contribution < 1.29 is 41.3 Å². The van der Waals surface area contributed by atoms with Gasteiger partial charge in [0.25, 0.3) is 10.0 Å². The second-order valence-electron chi connectivity index (χ2n) is 10.8. The number of halogens is 1. The third-order valence-electron chi connectivity index (χ3n) is 8.04. The smallest absolute Gasteiger partial charge is 0.265 e. The molecular formula is C33H40FN3O8S. The molecule has 0 unspecified atom stereocenters. The molecule has 11 nitrogen and oxygen atoms in total. The maximum absolute atomic E-state index is 14.9. The molecule has 1 saturated carbocycles. The molecule has 3 aromatic carbocycles. The molecule has 0 aromatic heterocycles. The summed E-state index contributed by atoms with van der Waals surface area (Å²) in [5, 5.41) is 2.99. The first kappa shape index (κ1) is 34.4. The summed E-state index contributed by atoms with van der Waals surface area (Å²) in [6.45, 7) is 0.516. The van der Waals surface area contributed by atoms with E-state index >= 15 is 0 Å². The van der Waals surface area contributed by atoms with Crippen molar-refractivity contribution in [3.63, 3.8) is 0 Å².